The highest BCUT2D eigenvalue weighted by molar-refractivity contribution is 6.31. The summed E-state index contributed by atoms with van der Waals surface area (Å²) in [6.45, 7) is 4.96. The molecule has 2 saturated heterocycles. The number of carbonyl (C=O) groups is 4. The van der Waals surface area contributed by atoms with Gasteiger partial charge in [-0.15, -0.1) is 0 Å². The van der Waals surface area contributed by atoms with Crippen LogP contribution in [0, 0.1) is 11.8 Å². The molecule has 6 rings (SSSR count). The van der Waals surface area contributed by atoms with Crippen LogP contribution < -0.4 is 5.32 Å². The number of H-pyrrole nitrogens is 1. The van der Waals surface area contributed by atoms with Crippen LogP contribution >= 0.6 is 11.6 Å². The Hall–Kier alpha value is -3.83. The number of aromatic nitrogens is 1. The van der Waals surface area contributed by atoms with Crippen LogP contribution in [-0.4, -0.2) is 96.3 Å². The van der Waals surface area contributed by atoms with Gasteiger partial charge in [0, 0.05) is 86.9 Å². The van der Waals surface area contributed by atoms with Crippen molar-refractivity contribution in [2.45, 2.75) is 44.6 Å². The molecule has 11 nitrogen and oxygen atoms in total. The van der Waals surface area contributed by atoms with Gasteiger partial charge in [0.2, 0.25) is 17.7 Å². The van der Waals surface area contributed by atoms with Gasteiger partial charge in [0.25, 0.3) is 5.91 Å². The van der Waals surface area contributed by atoms with Gasteiger partial charge in [-0.05, 0) is 61.6 Å². The molecule has 2 aromatic heterocycles. The molecule has 2 fully saturated rings. The third-order valence-electron chi connectivity index (χ3n) is 9.81. The average Bonchev–Trinajstić information content (AvgIpc) is 3.72. The second-order valence-corrected chi connectivity index (χ2v) is 12.6. The molecule has 4 amide bonds. The van der Waals surface area contributed by atoms with Gasteiger partial charge in [0.05, 0.1) is 17.7 Å². The van der Waals surface area contributed by atoms with E-state index in [2.05, 4.69) is 10.3 Å². The molecule has 12 heteroatoms. The SMILES string of the molecule is CC[C@]12c3[nH]c4ccc(Cl)cc4c3CCN1C(=O)[C@@H](CC(=O)NCCCOC)C[C@@H]2C(=O)N1CCN(C(=O)c2ccco2)CC1. The van der Waals surface area contributed by atoms with Crippen molar-refractivity contribution in [1.82, 2.24) is 25.0 Å². The number of nitrogens with zero attached hydrogens (tertiary/aromatic N) is 3. The largest absolute Gasteiger partial charge is 0.459 e. The van der Waals surface area contributed by atoms with Crippen LogP contribution in [0.4, 0.5) is 0 Å². The molecular weight excluding hydrogens is 598 g/mol. The van der Waals surface area contributed by atoms with Gasteiger partial charge in [-0.25, -0.2) is 0 Å². The smallest absolute Gasteiger partial charge is 0.289 e. The highest BCUT2D eigenvalue weighted by atomic mass is 35.5. The molecule has 1 aromatic carbocycles. The molecule has 0 bridgehead atoms. The van der Waals surface area contributed by atoms with E-state index in [1.54, 1.807) is 24.1 Å². The number of nitrogens with one attached hydrogen (secondary N) is 2. The lowest BCUT2D eigenvalue weighted by molar-refractivity contribution is -0.167. The number of benzene rings is 1. The first kappa shape index (κ1) is 31.2. The predicted octanol–water partition coefficient (Wildman–Crippen LogP) is 3.57. The Morgan fingerprint density at radius 2 is 1.91 bits per heavy atom. The van der Waals surface area contributed by atoms with Gasteiger partial charge in [0.15, 0.2) is 5.76 Å². The number of ether oxygens (including phenoxy) is 1. The van der Waals surface area contributed by atoms with Crippen molar-refractivity contribution < 1.29 is 28.3 Å². The first-order valence-electron chi connectivity index (χ1n) is 15.8. The summed E-state index contributed by atoms with van der Waals surface area (Å²) in [4.78, 5) is 63.7. The summed E-state index contributed by atoms with van der Waals surface area (Å²) in [5.41, 5.74) is 1.98. The highest BCUT2D eigenvalue weighted by Gasteiger charge is 2.59. The minimum atomic E-state index is -0.903. The third-order valence-corrected chi connectivity index (χ3v) is 10.0. The van der Waals surface area contributed by atoms with Gasteiger partial charge >= 0.3 is 0 Å². The van der Waals surface area contributed by atoms with Crippen molar-refractivity contribution in [3.05, 3.63) is 58.6 Å². The van der Waals surface area contributed by atoms with E-state index in [4.69, 9.17) is 20.8 Å². The molecule has 3 aliphatic rings. The lowest BCUT2D eigenvalue weighted by atomic mass is 9.65. The molecule has 3 aromatic rings. The number of piperidine rings is 1. The maximum absolute atomic E-state index is 14.7. The molecule has 5 heterocycles. The number of furan rings is 1. The normalized spacial score (nSPS) is 23.2. The van der Waals surface area contributed by atoms with Crippen molar-refractivity contribution >= 4 is 46.1 Å². The Bertz CT molecular complexity index is 1580. The molecule has 3 aliphatic heterocycles. The Morgan fingerprint density at radius 1 is 1.13 bits per heavy atom. The molecule has 3 atom stereocenters. The number of halogens is 1. The second kappa shape index (κ2) is 12.9. The number of piperazine rings is 1. The highest BCUT2D eigenvalue weighted by Crippen LogP contribution is 2.52. The quantitative estimate of drug-likeness (QED) is 0.345. The molecule has 2 N–H and O–H groups in total. The van der Waals surface area contributed by atoms with Gasteiger partial charge in [0.1, 0.15) is 0 Å². The number of rotatable bonds is 9. The van der Waals surface area contributed by atoms with Crippen LogP contribution in [0.3, 0.4) is 0 Å². The van der Waals surface area contributed by atoms with E-state index in [1.807, 2.05) is 34.9 Å². The second-order valence-electron chi connectivity index (χ2n) is 12.2. The summed E-state index contributed by atoms with van der Waals surface area (Å²) in [5.74, 6) is -1.49. The summed E-state index contributed by atoms with van der Waals surface area (Å²) in [7, 11) is 1.61. The Kier molecular flexibility index (Phi) is 8.92. The fourth-order valence-corrected chi connectivity index (χ4v) is 7.79. The van der Waals surface area contributed by atoms with Crippen molar-refractivity contribution in [2.75, 3.05) is 53.0 Å². The maximum atomic E-state index is 14.7. The zero-order valence-electron chi connectivity index (χ0n) is 25.8. The summed E-state index contributed by atoms with van der Waals surface area (Å²) in [5, 5.41) is 4.54. The number of hydrogen-bond acceptors (Lipinski definition) is 6. The third kappa shape index (κ3) is 5.61. The fraction of sp³-hybridized carbons (Fsp3) is 0.515. The Morgan fingerprint density at radius 3 is 2.62 bits per heavy atom. The minimum Gasteiger partial charge on any atom is -0.459 e. The standard InChI is InChI=1S/C33H40ClN5O6/c1-3-33-25(31(42)37-12-14-38(15-13-37)32(43)27-6-4-17-45-27)18-21(19-28(40)35-10-5-16-44-2)30(41)39(33)11-9-23-24-20-22(34)7-8-26(24)36-29(23)33/h4,6-8,17,20-21,25,36H,3,5,9-16,18-19H2,1-2H3,(H,35,40)/t21-,25-,33+/m1/s1. The number of methoxy groups -OCH3 is 1. The number of fused-ring (bicyclic) bond motifs is 5. The van der Waals surface area contributed by atoms with Crippen LogP contribution in [-0.2, 0) is 31.1 Å². The molecular formula is C33H40ClN5O6. The molecule has 0 unspecified atom stereocenters. The van der Waals surface area contributed by atoms with Crippen molar-refractivity contribution in [2.24, 2.45) is 11.8 Å². The van der Waals surface area contributed by atoms with Crippen molar-refractivity contribution in [3.63, 3.8) is 0 Å². The van der Waals surface area contributed by atoms with E-state index in [0.717, 1.165) is 22.2 Å². The van der Waals surface area contributed by atoms with Crippen LogP contribution in [0.5, 0.6) is 0 Å². The number of carbonyl (C=O) groups excluding carboxylic acids is 4. The minimum absolute atomic E-state index is 0.0203. The topological polar surface area (TPSA) is 128 Å². The lowest BCUT2D eigenvalue weighted by Gasteiger charge is -2.56. The molecule has 0 aliphatic carbocycles. The zero-order chi connectivity index (χ0) is 31.7. The van der Waals surface area contributed by atoms with Gasteiger partial charge in [-0.2, -0.15) is 0 Å². The molecule has 45 heavy (non-hydrogen) atoms. The van der Waals surface area contributed by atoms with Crippen molar-refractivity contribution in [1.29, 1.82) is 0 Å². The number of aromatic amines is 1. The van der Waals surface area contributed by atoms with Crippen molar-refractivity contribution in [3.8, 4) is 0 Å². The summed E-state index contributed by atoms with van der Waals surface area (Å²) in [6.07, 6.45) is 3.57. The van der Waals surface area contributed by atoms with Gasteiger partial charge < -0.3 is 34.2 Å². The van der Waals surface area contributed by atoms with Gasteiger partial charge in [-0.3, -0.25) is 19.2 Å². The van der Waals surface area contributed by atoms with E-state index in [9.17, 15) is 19.2 Å². The Labute approximate surface area is 267 Å². The molecule has 0 radical (unpaired) electrons. The molecule has 0 saturated carbocycles. The van der Waals surface area contributed by atoms with E-state index in [-0.39, 0.29) is 42.2 Å². The summed E-state index contributed by atoms with van der Waals surface area (Å²) >= 11 is 6.40. The average molecular weight is 638 g/mol. The van der Waals surface area contributed by atoms with E-state index in [1.165, 1.54) is 6.26 Å². The first-order valence-corrected chi connectivity index (χ1v) is 16.2. The van der Waals surface area contributed by atoms with E-state index >= 15 is 0 Å². The van der Waals surface area contributed by atoms with Crippen LogP contribution in [0.25, 0.3) is 10.9 Å². The van der Waals surface area contributed by atoms with Crippen LogP contribution in [0.2, 0.25) is 5.02 Å². The van der Waals surface area contributed by atoms with Crippen LogP contribution in [0.1, 0.15) is 54.4 Å². The molecule has 240 valence electrons. The maximum Gasteiger partial charge on any atom is 0.289 e. The number of hydrogen-bond donors (Lipinski definition) is 2. The van der Waals surface area contributed by atoms with E-state index < -0.39 is 17.4 Å². The van der Waals surface area contributed by atoms with Gasteiger partial charge in [-0.1, -0.05) is 18.5 Å². The van der Waals surface area contributed by atoms with E-state index in [0.29, 0.717) is 70.2 Å². The Balaban J connectivity index is 1.31. The fourth-order valence-electron chi connectivity index (χ4n) is 7.61. The molecule has 0 spiro atoms. The predicted molar refractivity (Wildman–Crippen MR) is 168 cm³/mol. The summed E-state index contributed by atoms with van der Waals surface area (Å²) in [6, 6.07) is 9.04. The summed E-state index contributed by atoms with van der Waals surface area (Å²) < 4.78 is 10.4. The number of amides is 4. The first-order chi connectivity index (χ1) is 21.8. The van der Waals surface area contributed by atoms with Crippen LogP contribution in [0.15, 0.2) is 41.0 Å². The monoisotopic (exact) mass is 637 g/mol. The lowest BCUT2D eigenvalue weighted by Crippen LogP contribution is -2.66. The zero-order valence-corrected chi connectivity index (χ0v) is 26.5.